The first-order chi connectivity index (χ1) is 40.6. The van der Waals surface area contributed by atoms with Crippen molar-refractivity contribution in [1.82, 2.24) is 20.4 Å². The van der Waals surface area contributed by atoms with Gasteiger partial charge in [0, 0.05) is 38.8 Å². The quantitative estimate of drug-likeness (QED) is 0.0316. The Morgan fingerprint density at radius 2 is 0.651 bits per heavy atom. The van der Waals surface area contributed by atoms with Gasteiger partial charge in [-0.15, -0.1) is 0 Å². The minimum atomic E-state index is -2.23. The lowest BCUT2D eigenvalue weighted by molar-refractivity contribution is -0.151. The highest BCUT2D eigenvalue weighted by molar-refractivity contribution is 6.71. The molecule has 4 amide bonds. The second-order valence-electron chi connectivity index (χ2n) is 24.1. The second kappa shape index (κ2) is 32.9. The molecule has 6 rings (SSSR count). The third kappa shape index (κ3) is 19.2. The highest BCUT2D eigenvalue weighted by Crippen LogP contribution is 2.39. The topological polar surface area (TPSA) is 200 Å². The van der Waals surface area contributed by atoms with Gasteiger partial charge in [-0.25, -0.2) is 4.79 Å². The maximum atomic E-state index is 13.9. The van der Waals surface area contributed by atoms with Crippen LogP contribution in [0.15, 0.2) is 182 Å². The number of carbonyl (C=O) groups excluding carboxylic acids is 5. The maximum absolute atomic E-state index is 13.9. The van der Waals surface area contributed by atoms with Crippen LogP contribution < -0.4 is 10.6 Å². The van der Waals surface area contributed by atoms with E-state index in [0.717, 1.165) is 33.4 Å². The van der Waals surface area contributed by atoms with Crippen LogP contribution in [-0.2, 0) is 49.1 Å². The lowest BCUT2D eigenvalue weighted by Crippen LogP contribution is -2.50. The highest BCUT2D eigenvalue weighted by Gasteiger charge is 2.41. The summed E-state index contributed by atoms with van der Waals surface area (Å²) in [6.45, 7) is 22.8. The summed E-state index contributed by atoms with van der Waals surface area (Å²) in [5.41, 5.74) is 3.46. The summed E-state index contributed by atoms with van der Waals surface area (Å²) in [5, 5.41) is 24.8. The van der Waals surface area contributed by atoms with Crippen LogP contribution in [0, 0.1) is 35.5 Å². The summed E-state index contributed by atoms with van der Waals surface area (Å²) in [6.07, 6.45) is 0.131. The monoisotopic (exact) mass is 1190 g/mol. The van der Waals surface area contributed by atoms with Gasteiger partial charge in [-0.05, 0) is 83.6 Å². The fourth-order valence-electron chi connectivity index (χ4n) is 9.77. The Balaban J connectivity index is 0.000000328. The molecule has 4 N–H and O–H groups in total. The molecule has 86 heavy (non-hydrogen) atoms. The minimum Gasteiger partial charge on any atom is -0.518 e. The number of nitrogens with one attached hydrogen (secondary N) is 2. The Bertz CT molecular complexity index is 2890. The van der Waals surface area contributed by atoms with Crippen molar-refractivity contribution in [3.63, 3.8) is 0 Å². The van der Waals surface area contributed by atoms with E-state index in [2.05, 4.69) is 10.6 Å². The normalized spacial score (nSPS) is 13.2. The maximum Gasteiger partial charge on any atom is 0.326 e. The average Bonchev–Trinajstić information content (AvgIpc) is 0.908. The molecule has 6 aromatic carbocycles. The van der Waals surface area contributed by atoms with Gasteiger partial charge in [0.2, 0.25) is 31.9 Å². The van der Waals surface area contributed by atoms with E-state index in [1.54, 1.807) is 20.9 Å². The van der Waals surface area contributed by atoms with Crippen LogP contribution >= 0.6 is 0 Å². The number of carboxylic acid groups (broad SMARTS) is 2. The van der Waals surface area contributed by atoms with E-state index in [0.29, 0.717) is 0 Å². The molecular formula is C71H92N4O10Si. The molecule has 0 aliphatic heterocycles. The first-order valence-corrected chi connectivity index (χ1v) is 33.2. The number of hydrogen-bond acceptors (Lipinski definition) is 8. The second-order valence-corrected chi connectivity index (χ2v) is 28.5. The van der Waals surface area contributed by atoms with Crippen molar-refractivity contribution in [2.75, 3.05) is 14.1 Å². The van der Waals surface area contributed by atoms with Crippen LogP contribution in [0.4, 0.5) is 0 Å². The Kier molecular flexibility index (Phi) is 26.9. The van der Waals surface area contributed by atoms with E-state index < -0.39 is 49.4 Å². The largest absolute Gasteiger partial charge is 0.518 e. The average molecular weight is 1190 g/mol. The minimum absolute atomic E-state index is 0.00265. The molecular weight excluding hydrogens is 1100 g/mol. The number of carbonyl (C=O) groups is 7. The Hall–Kier alpha value is -8.17. The van der Waals surface area contributed by atoms with E-state index >= 15 is 0 Å². The number of hydrogen-bond donors (Lipinski definition) is 4. The van der Waals surface area contributed by atoms with Crippen LogP contribution in [0.3, 0.4) is 0 Å². The van der Waals surface area contributed by atoms with Crippen LogP contribution in [0.2, 0.25) is 19.6 Å². The molecule has 460 valence electrons. The molecule has 0 unspecified atom stereocenters. The first kappa shape index (κ1) is 70.3. The van der Waals surface area contributed by atoms with Gasteiger partial charge in [0.1, 0.15) is 23.2 Å². The van der Waals surface area contributed by atoms with Gasteiger partial charge < -0.3 is 35.1 Å². The molecule has 0 aliphatic carbocycles. The number of aliphatic carboxylic acids is 2. The molecule has 0 aliphatic rings. The molecule has 0 saturated carbocycles. The van der Waals surface area contributed by atoms with Crippen LogP contribution in [0.5, 0.6) is 0 Å². The smallest absolute Gasteiger partial charge is 0.326 e. The molecule has 5 atom stereocenters. The Morgan fingerprint density at radius 1 is 0.407 bits per heavy atom. The predicted octanol–water partition coefficient (Wildman–Crippen LogP) is 12.8. The zero-order valence-corrected chi connectivity index (χ0v) is 53.8. The predicted molar refractivity (Wildman–Crippen MR) is 343 cm³/mol. The van der Waals surface area contributed by atoms with E-state index in [4.69, 9.17) is 9.53 Å². The van der Waals surface area contributed by atoms with E-state index in [1.165, 1.54) is 16.8 Å². The van der Waals surface area contributed by atoms with Gasteiger partial charge in [0.15, 0.2) is 0 Å². The van der Waals surface area contributed by atoms with Crippen LogP contribution in [0.25, 0.3) is 0 Å². The Morgan fingerprint density at radius 3 is 0.860 bits per heavy atom. The van der Waals surface area contributed by atoms with E-state index in [-0.39, 0.29) is 84.8 Å². The van der Waals surface area contributed by atoms with Gasteiger partial charge in [-0.3, -0.25) is 28.8 Å². The number of carboxylic acids is 2. The molecule has 15 heteroatoms. The fraction of sp³-hybridized carbons (Fsp3) is 0.394. The van der Waals surface area contributed by atoms with Crippen molar-refractivity contribution in [3.8, 4) is 0 Å². The van der Waals surface area contributed by atoms with Crippen molar-refractivity contribution >= 4 is 49.9 Å². The van der Waals surface area contributed by atoms with Crippen molar-refractivity contribution in [2.45, 2.75) is 131 Å². The van der Waals surface area contributed by atoms with E-state index in [1.807, 2.05) is 250 Å². The first-order valence-electron chi connectivity index (χ1n) is 29.8. The van der Waals surface area contributed by atoms with Gasteiger partial charge >= 0.3 is 17.9 Å². The lowest BCUT2D eigenvalue weighted by Gasteiger charge is -2.37. The summed E-state index contributed by atoms with van der Waals surface area (Å²) in [5.74, 6) is -3.56. The molecule has 14 nitrogen and oxygen atoms in total. The molecule has 0 heterocycles. The standard InChI is InChI=1S/C34H44N2O4Si.C31H36N2O4.C6H12O2/c1-25(2)26(3)32(38)36(4)30(33(39)40-41(5,6)7)23-24-31(37)35-34(27-17-11-8-12-18-27,28-19-13-9-14-20-28)29-21-15-10-16-22-29;1-22(2)23(3)29(35)33(4)27(30(36)37)20-21-28(34)32-31(24-14-8-5-9-15-24,25-16-10-6-11-17-25)26-18-12-7-13-19-26;1-4(2)5(3)6(7)8/h8-22,25-26,30H,23-24H2,1-7H3,(H,35,37);5-19,22-23,27H,20-21H2,1-4H3,(H,32,34)(H,36,37);4-5H,1-3H3,(H,7,8)/t26-,30-;23-,27-;5-/m000/s1. The van der Waals surface area contributed by atoms with Gasteiger partial charge in [-0.1, -0.05) is 244 Å². The Labute approximate surface area is 511 Å². The summed E-state index contributed by atoms with van der Waals surface area (Å²) < 4.78 is 5.83. The summed E-state index contributed by atoms with van der Waals surface area (Å²) in [4.78, 5) is 91.8. The molecule has 6 aromatic rings. The molecule has 0 spiro atoms. The molecule has 0 fully saturated rings. The van der Waals surface area contributed by atoms with Crippen molar-refractivity contribution in [3.05, 3.63) is 215 Å². The zero-order chi connectivity index (χ0) is 63.9. The molecule has 0 radical (unpaired) electrons. The van der Waals surface area contributed by atoms with Crippen LogP contribution in [0.1, 0.15) is 121 Å². The summed E-state index contributed by atoms with van der Waals surface area (Å²) in [6, 6.07) is 56.9. The molecule has 0 bridgehead atoms. The van der Waals surface area contributed by atoms with Gasteiger partial charge in [0.05, 0.1) is 5.92 Å². The van der Waals surface area contributed by atoms with Crippen molar-refractivity contribution in [1.29, 1.82) is 0 Å². The van der Waals surface area contributed by atoms with Gasteiger partial charge in [-0.2, -0.15) is 0 Å². The zero-order valence-electron chi connectivity index (χ0n) is 52.8. The number of likely N-dealkylation sites (N-methyl/N-ethyl adjacent to an activating group) is 2. The SMILES string of the molecule is CC(C)[C@H](C)C(=O)N(C)[C@@H](CCC(=O)NC(c1ccccc1)(c1ccccc1)c1ccccc1)C(=O)O.CC(C)[C@H](C)C(=O)N(C)[C@@H](CCC(=O)NC(c1ccccc1)(c1ccccc1)c1ccccc1)C(=O)O[Si](C)(C)C.CC(C)[C@H](C)C(=O)O. The number of benzene rings is 6. The highest BCUT2D eigenvalue weighted by atomic mass is 28.4. The number of nitrogens with zero attached hydrogens (tertiary/aromatic N) is 2. The van der Waals surface area contributed by atoms with Gasteiger partial charge in [0.25, 0.3) is 0 Å². The number of rotatable bonds is 25. The lowest BCUT2D eigenvalue weighted by atomic mass is 9.77. The summed E-state index contributed by atoms with van der Waals surface area (Å²) >= 11 is 0. The van der Waals surface area contributed by atoms with Crippen molar-refractivity contribution in [2.24, 2.45) is 35.5 Å². The van der Waals surface area contributed by atoms with Crippen molar-refractivity contribution < 1.29 is 48.2 Å². The molecule has 0 aromatic heterocycles. The third-order valence-corrected chi connectivity index (χ3v) is 16.8. The van der Waals surface area contributed by atoms with E-state index in [9.17, 15) is 38.7 Å². The van der Waals surface area contributed by atoms with Crippen LogP contribution in [-0.4, -0.2) is 96.0 Å². The molecule has 0 saturated heterocycles. The number of amides is 4. The fourth-order valence-corrected chi connectivity index (χ4v) is 10.5. The summed E-state index contributed by atoms with van der Waals surface area (Å²) in [7, 11) is 0.909. The third-order valence-electron chi connectivity index (χ3n) is 15.9.